The van der Waals surface area contributed by atoms with Gasteiger partial charge in [-0.2, -0.15) is 0 Å². The van der Waals surface area contributed by atoms with E-state index in [0.29, 0.717) is 70.3 Å². The van der Waals surface area contributed by atoms with Crippen LogP contribution in [0.1, 0.15) is 133 Å². The Morgan fingerprint density at radius 2 is 1.61 bits per heavy atom. The van der Waals surface area contributed by atoms with Gasteiger partial charge >= 0.3 is 12.1 Å². The maximum Gasteiger partial charge on any atom is 0.407 e. The molecule has 2 spiro atoms. The second-order valence-electron chi connectivity index (χ2n) is 19.5. The first-order valence-corrected chi connectivity index (χ1v) is 24.1. The molecule has 18 atom stereocenters. The molecule has 0 aliphatic carbocycles. The summed E-state index contributed by atoms with van der Waals surface area (Å²) in [5.74, 6) is -5.92. The summed E-state index contributed by atoms with van der Waals surface area (Å²) in [4.78, 5) is 39.9. The van der Waals surface area contributed by atoms with E-state index < -0.39 is 95.1 Å². The molecule has 5 aliphatic heterocycles. The molecule has 0 aromatic carbocycles. The summed E-state index contributed by atoms with van der Waals surface area (Å²) in [7, 11) is 0. The van der Waals surface area contributed by atoms with Gasteiger partial charge in [0, 0.05) is 36.0 Å². The van der Waals surface area contributed by atoms with Crippen LogP contribution in [0.5, 0.6) is 0 Å². The third-order valence-corrected chi connectivity index (χ3v) is 15.6. The highest BCUT2D eigenvalue weighted by Crippen LogP contribution is 2.54. The number of alkyl carbamates (subject to hydrolysis) is 1. The largest absolute Gasteiger partial charge is 0.481 e. The zero-order chi connectivity index (χ0) is 45.8. The Morgan fingerprint density at radius 1 is 0.903 bits per heavy atom. The second-order valence-corrected chi connectivity index (χ2v) is 19.9. The van der Waals surface area contributed by atoms with Gasteiger partial charge in [-0.05, 0) is 89.5 Å². The lowest BCUT2D eigenvalue weighted by Crippen LogP contribution is -2.65. The van der Waals surface area contributed by atoms with E-state index in [4.69, 9.17) is 44.8 Å². The molecule has 0 bridgehead atoms. The minimum Gasteiger partial charge on any atom is -0.481 e. The third-order valence-electron chi connectivity index (χ3n) is 15.4. The number of hydrogen-bond acceptors (Lipinski definition) is 12. The summed E-state index contributed by atoms with van der Waals surface area (Å²) in [6, 6.07) is -0.777. The van der Waals surface area contributed by atoms with E-state index in [-0.39, 0.29) is 42.9 Å². The first kappa shape index (κ1) is 51.1. The molecule has 14 nitrogen and oxygen atoms in total. The first-order valence-electron chi connectivity index (χ1n) is 23.6. The van der Waals surface area contributed by atoms with Gasteiger partial charge in [0.05, 0.1) is 67.0 Å². The number of amides is 1. The molecule has 0 radical (unpaired) electrons. The minimum atomic E-state index is -1.40. The Labute approximate surface area is 374 Å². The Balaban J connectivity index is 1.38. The smallest absolute Gasteiger partial charge is 0.407 e. The van der Waals surface area contributed by atoms with E-state index in [0.717, 1.165) is 6.42 Å². The van der Waals surface area contributed by atoms with Gasteiger partial charge in [0.1, 0.15) is 18.4 Å². The fraction of sp³-hybridized carbons (Fsp3) is 0.894. The molecule has 5 heterocycles. The van der Waals surface area contributed by atoms with E-state index in [1.807, 2.05) is 53.7 Å². The van der Waals surface area contributed by atoms with Crippen LogP contribution in [0.3, 0.4) is 0 Å². The van der Waals surface area contributed by atoms with Crippen LogP contribution in [0.4, 0.5) is 4.79 Å². The zero-order valence-electron chi connectivity index (χ0n) is 38.9. The lowest BCUT2D eigenvalue weighted by Gasteiger charge is -2.55. The number of carbonyl (C=O) groups excluding carboxylic acids is 2. The van der Waals surface area contributed by atoms with Crippen molar-refractivity contribution in [3.63, 3.8) is 0 Å². The summed E-state index contributed by atoms with van der Waals surface area (Å²) in [5, 5.41) is 35.9. The molecule has 4 fully saturated rings. The Bertz CT molecular complexity index is 1550. The van der Waals surface area contributed by atoms with Gasteiger partial charge in [0.25, 0.3) is 0 Å². The highest BCUT2D eigenvalue weighted by Gasteiger charge is 2.63. The highest BCUT2D eigenvalue weighted by molar-refractivity contribution is 6.17. The van der Waals surface area contributed by atoms with Gasteiger partial charge in [-0.1, -0.05) is 61.5 Å². The number of aliphatic carboxylic acids is 1. The molecule has 15 heteroatoms. The Kier molecular flexibility index (Phi) is 17.5. The van der Waals surface area contributed by atoms with Crippen molar-refractivity contribution in [1.29, 1.82) is 0 Å². The first-order chi connectivity index (χ1) is 29.2. The van der Waals surface area contributed by atoms with Gasteiger partial charge in [-0.15, -0.1) is 11.6 Å². The highest BCUT2D eigenvalue weighted by atomic mass is 35.5. The predicted molar refractivity (Wildman–Crippen MR) is 232 cm³/mol. The topological polar surface area (TPSA) is 189 Å². The fourth-order valence-corrected chi connectivity index (χ4v) is 11.3. The number of aliphatic hydroxyl groups is 2. The van der Waals surface area contributed by atoms with E-state index in [1.54, 1.807) is 6.92 Å². The summed E-state index contributed by atoms with van der Waals surface area (Å²) in [6.45, 7) is 20.1. The van der Waals surface area contributed by atoms with Crippen molar-refractivity contribution < 1.29 is 62.9 Å². The maximum atomic E-state index is 14.7. The van der Waals surface area contributed by atoms with E-state index >= 15 is 0 Å². The standard InChI is InChI=1S/C47H78ClNO13/c1-11-33(42(52)53)35-15-14-27(4)40(59-35)31(8)38(50)30(7)39(51)34(12-2)41-28(5)26-29(6)46(60-41)19-16-36(49-43(54)57-25-24-56-23-22-48)47(62-46)21-20-44(10,61-47)37-17-18-45(55,13-3)32(9)58-37/h16,19,27-38,40-41,50,55H,11-15,17-18,20-26H2,1-10H3,(H,49,54)(H,52,53)/t27-,28-,29+,30-,31-,32-,33+,34?,35+,36+,37+,38+,40+,41-,44-,45+,46-,47-/m0/s1. The average Bonchev–Trinajstić information content (AvgIpc) is 3.58. The molecule has 4 N–H and O–H groups in total. The maximum absolute atomic E-state index is 14.7. The van der Waals surface area contributed by atoms with Crippen molar-refractivity contribution >= 4 is 29.4 Å². The number of ether oxygens (including phenoxy) is 7. The van der Waals surface area contributed by atoms with E-state index in [1.165, 1.54) is 0 Å². The van der Waals surface area contributed by atoms with Crippen molar-refractivity contribution in [1.82, 2.24) is 5.32 Å². The zero-order valence-corrected chi connectivity index (χ0v) is 39.7. The van der Waals surface area contributed by atoms with Gasteiger partial charge in [0.15, 0.2) is 11.6 Å². The molecule has 4 saturated heterocycles. The van der Waals surface area contributed by atoms with Crippen LogP contribution in [0.25, 0.3) is 0 Å². The number of carboxylic acid groups (broad SMARTS) is 1. The van der Waals surface area contributed by atoms with Crippen LogP contribution in [0.2, 0.25) is 0 Å². The number of alkyl halides is 1. The number of halogens is 1. The molecule has 356 valence electrons. The van der Waals surface area contributed by atoms with Crippen molar-refractivity contribution in [2.24, 2.45) is 41.4 Å². The molecule has 0 aromatic heterocycles. The lowest BCUT2D eigenvalue weighted by atomic mass is 9.72. The number of ketones is 1. The van der Waals surface area contributed by atoms with Crippen LogP contribution < -0.4 is 5.32 Å². The SMILES string of the molecule is CCC(C(=O)[C@@H](C)[C@@H](O)[C@H](C)[C@@H]1O[C@@H]([C@@H](CC)C(=O)O)CC[C@@H]1C)[C@H]1O[C@]2(C=C[C@@H](NC(=O)OCCOCCCl)[C@]3(CC[C@@](C)([C@H]4CC[C@](O)(CC)[C@H](C)O4)O3)O2)[C@H](C)C[C@@H]1C. The van der Waals surface area contributed by atoms with Crippen molar-refractivity contribution in [2.45, 2.75) is 199 Å². The number of aliphatic hydroxyl groups excluding tert-OH is 1. The molecular weight excluding hydrogens is 822 g/mol. The molecular formula is C47H78ClNO13. The Hall–Kier alpha value is -1.88. The number of carboxylic acids is 1. The number of nitrogens with one attached hydrogen (secondary N) is 1. The summed E-state index contributed by atoms with van der Waals surface area (Å²) >= 11 is 5.71. The summed E-state index contributed by atoms with van der Waals surface area (Å²) < 4.78 is 45.2. The fourth-order valence-electron chi connectivity index (χ4n) is 11.2. The summed E-state index contributed by atoms with van der Waals surface area (Å²) in [6.07, 6.45) is 5.41. The van der Waals surface area contributed by atoms with Crippen LogP contribution in [0, 0.1) is 41.4 Å². The van der Waals surface area contributed by atoms with E-state index in [2.05, 4.69) is 26.1 Å². The minimum absolute atomic E-state index is 0.0268. The van der Waals surface area contributed by atoms with Gasteiger partial charge in [-0.25, -0.2) is 4.79 Å². The van der Waals surface area contributed by atoms with Crippen LogP contribution in [0.15, 0.2) is 12.2 Å². The number of Topliss-reactive ketones (excluding diaryl/α,β-unsaturated/α-hetero) is 1. The number of hydrogen-bond donors (Lipinski definition) is 4. The lowest BCUT2D eigenvalue weighted by molar-refractivity contribution is -0.398. The van der Waals surface area contributed by atoms with Gasteiger partial charge < -0.3 is 53.8 Å². The van der Waals surface area contributed by atoms with Crippen molar-refractivity contribution in [3.8, 4) is 0 Å². The predicted octanol–water partition coefficient (Wildman–Crippen LogP) is 7.18. The van der Waals surface area contributed by atoms with Gasteiger partial charge in [0.2, 0.25) is 0 Å². The molecule has 1 unspecified atom stereocenters. The third kappa shape index (κ3) is 10.7. The average molecular weight is 901 g/mol. The molecule has 0 aromatic rings. The van der Waals surface area contributed by atoms with Crippen molar-refractivity contribution in [3.05, 3.63) is 12.2 Å². The Morgan fingerprint density at radius 3 is 2.24 bits per heavy atom. The van der Waals surface area contributed by atoms with Gasteiger partial charge in [-0.3, -0.25) is 9.59 Å². The number of carbonyl (C=O) groups is 3. The van der Waals surface area contributed by atoms with Crippen LogP contribution >= 0.6 is 11.6 Å². The van der Waals surface area contributed by atoms with Crippen LogP contribution in [-0.4, -0.2) is 124 Å². The second kappa shape index (κ2) is 21.2. The monoisotopic (exact) mass is 900 g/mol. The molecule has 5 rings (SSSR count). The molecule has 0 saturated carbocycles. The summed E-state index contributed by atoms with van der Waals surface area (Å²) in [5.41, 5.74) is -1.77. The normalized spacial score (nSPS) is 41.0. The number of rotatable bonds is 18. The quantitative estimate of drug-likeness (QED) is 0.0616. The van der Waals surface area contributed by atoms with Crippen molar-refractivity contribution in [2.75, 3.05) is 25.7 Å². The van der Waals surface area contributed by atoms with Crippen LogP contribution in [-0.2, 0) is 42.7 Å². The molecule has 62 heavy (non-hydrogen) atoms. The van der Waals surface area contributed by atoms with E-state index in [9.17, 15) is 29.7 Å². The molecule has 5 aliphatic rings. The molecule has 1 amide bonds.